The second kappa shape index (κ2) is 3.23. The maximum absolute atomic E-state index is 8.82. The minimum absolute atomic E-state index is 0.0744. The average molecular weight is 153 g/mol. The number of methoxy groups -OCH3 is 1. The summed E-state index contributed by atoms with van der Waals surface area (Å²) in [6.07, 6.45) is 4.46. The summed E-state index contributed by atoms with van der Waals surface area (Å²) in [4.78, 5) is 0. The zero-order valence-corrected chi connectivity index (χ0v) is 7.26. The Hall–Kier alpha value is -0.550. The molecule has 1 saturated carbocycles. The summed E-state index contributed by atoms with van der Waals surface area (Å²) in [6, 6.07) is 2.37. The SMILES string of the molecule is COC1CCC(C)(C#N)CC1. The van der Waals surface area contributed by atoms with Crippen LogP contribution in [-0.2, 0) is 4.74 Å². The van der Waals surface area contributed by atoms with E-state index in [1.807, 2.05) is 6.92 Å². The molecule has 0 aromatic heterocycles. The zero-order chi connectivity index (χ0) is 8.32. The van der Waals surface area contributed by atoms with Crippen molar-refractivity contribution < 1.29 is 4.74 Å². The molecule has 0 atom stereocenters. The lowest BCUT2D eigenvalue weighted by Crippen LogP contribution is -2.26. The molecule has 62 valence electrons. The van der Waals surface area contributed by atoms with Gasteiger partial charge in [-0.05, 0) is 32.6 Å². The van der Waals surface area contributed by atoms with Crippen LogP contribution in [0.15, 0.2) is 0 Å². The lowest BCUT2D eigenvalue weighted by atomic mass is 9.76. The van der Waals surface area contributed by atoms with Gasteiger partial charge < -0.3 is 4.74 Å². The van der Waals surface area contributed by atoms with E-state index < -0.39 is 0 Å². The molecule has 0 spiro atoms. The van der Waals surface area contributed by atoms with Gasteiger partial charge in [0.15, 0.2) is 0 Å². The molecule has 2 heteroatoms. The topological polar surface area (TPSA) is 33.0 Å². The standard InChI is InChI=1S/C9H15NO/c1-9(7-10)5-3-8(11-2)4-6-9/h8H,3-6H2,1-2H3. The van der Waals surface area contributed by atoms with Gasteiger partial charge in [-0.15, -0.1) is 0 Å². The third-order valence-corrected chi connectivity index (χ3v) is 2.64. The van der Waals surface area contributed by atoms with Crippen LogP contribution in [0.4, 0.5) is 0 Å². The molecule has 0 unspecified atom stereocenters. The van der Waals surface area contributed by atoms with Gasteiger partial charge in [-0.2, -0.15) is 5.26 Å². The van der Waals surface area contributed by atoms with E-state index in [4.69, 9.17) is 10.00 Å². The number of hydrogen-bond acceptors (Lipinski definition) is 2. The van der Waals surface area contributed by atoms with E-state index >= 15 is 0 Å². The predicted molar refractivity (Wildman–Crippen MR) is 43.0 cm³/mol. The molecule has 0 radical (unpaired) electrons. The van der Waals surface area contributed by atoms with Crippen LogP contribution in [0.3, 0.4) is 0 Å². The van der Waals surface area contributed by atoms with Crippen LogP contribution >= 0.6 is 0 Å². The second-order valence-electron chi connectivity index (χ2n) is 3.61. The van der Waals surface area contributed by atoms with Gasteiger partial charge in [0, 0.05) is 7.11 Å². The van der Waals surface area contributed by atoms with Crippen molar-refractivity contribution in [3.63, 3.8) is 0 Å². The summed E-state index contributed by atoms with van der Waals surface area (Å²) in [5, 5.41) is 8.82. The first kappa shape index (κ1) is 8.55. The van der Waals surface area contributed by atoms with Crippen LogP contribution in [0.25, 0.3) is 0 Å². The average Bonchev–Trinajstić information content (AvgIpc) is 2.06. The van der Waals surface area contributed by atoms with Crippen molar-refractivity contribution in [2.24, 2.45) is 5.41 Å². The number of nitrogens with zero attached hydrogens (tertiary/aromatic N) is 1. The zero-order valence-electron chi connectivity index (χ0n) is 7.26. The summed E-state index contributed by atoms with van der Waals surface area (Å²) in [7, 11) is 1.75. The van der Waals surface area contributed by atoms with Crippen molar-refractivity contribution in [3.8, 4) is 6.07 Å². The van der Waals surface area contributed by atoms with Crippen LogP contribution in [0.2, 0.25) is 0 Å². The highest BCUT2D eigenvalue weighted by Gasteiger charge is 2.30. The molecule has 0 aliphatic heterocycles. The summed E-state index contributed by atoms with van der Waals surface area (Å²) >= 11 is 0. The molecular formula is C9H15NO. The smallest absolute Gasteiger partial charge is 0.0686 e. The van der Waals surface area contributed by atoms with Crippen molar-refractivity contribution >= 4 is 0 Å². The van der Waals surface area contributed by atoms with Crippen molar-refractivity contribution in [1.29, 1.82) is 5.26 Å². The third kappa shape index (κ3) is 1.94. The Balaban J connectivity index is 2.43. The first-order valence-electron chi connectivity index (χ1n) is 4.14. The van der Waals surface area contributed by atoms with Crippen LogP contribution in [-0.4, -0.2) is 13.2 Å². The van der Waals surface area contributed by atoms with E-state index in [-0.39, 0.29) is 5.41 Å². The van der Waals surface area contributed by atoms with Gasteiger partial charge in [-0.1, -0.05) is 0 Å². The monoisotopic (exact) mass is 153 g/mol. The first-order valence-corrected chi connectivity index (χ1v) is 4.14. The minimum atomic E-state index is -0.0744. The quantitative estimate of drug-likeness (QED) is 0.578. The largest absolute Gasteiger partial charge is 0.381 e. The highest BCUT2D eigenvalue weighted by Crippen LogP contribution is 2.35. The molecule has 0 amide bonds. The van der Waals surface area contributed by atoms with Crippen LogP contribution in [0, 0.1) is 16.7 Å². The van der Waals surface area contributed by atoms with Crippen molar-refractivity contribution in [3.05, 3.63) is 0 Å². The molecule has 0 heterocycles. The van der Waals surface area contributed by atoms with Gasteiger partial charge in [0.2, 0.25) is 0 Å². The van der Waals surface area contributed by atoms with Gasteiger partial charge in [-0.25, -0.2) is 0 Å². The van der Waals surface area contributed by atoms with Gasteiger partial charge in [0.05, 0.1) is 17.6 Å². The Morgan fingerprint density at radius 3 is 2.36 bits per heavy atom. The highest BCUT2D eigenvalue weighted by molar-refractivity contribution is 4.98. The Kier molecular flexibility index (Phi) is 2.51. The molecule has 2 nitrogen and oxygen atoms in total. The lowest BCUT2D eigenvalue weighted by molar-refractivity contribution is 0.0469. The van der Waals surface area contributed by atoms with Crippen LogP contribution < -0.4 is 0 Å². The van der Waals surface area contributed by atoms with E-state index in [0.29, 0.717) is 6.10 Å². The maximum Gasteiger partial charge on any atom is 0.0686 e. The fraction of sp³-hybridized carbons (Fsp3) is 0.889. The van der Waals surface area contributed by atoms with Crippen molar-refractivity contribution in [2.45, 2.75) is 38.7 Å². The van der Waals surface area contributed by atoms with Crippen molar-refractivity contribution in [1.82, 2.24) is 0 Å². The normalized spacial score (nSPS) is 38.1. The summed E-state index contributed by atoms with van der Waals surface area (Å²) < 4.78 is 5.22. The molecule has 0 N–H and O–H groups in total. The molecule has 0 aromatic rings. The van der Waals surface area contributed by atoms with E-state index in [2.05, 4.69) is 6.07 Å². The molecule has 1 aliphatic carbocycles. The highest BCUT2D eigenvalue weighted by atomic mass is 16.5. The first-order chi connectivity index (χ1) is 5.20. The van der Waals surface area contributed by atoms with E-state index in [1.165, 1.54) is 0 Å². The predicted octanol–water partition coefficient (Wildman–Crippen LogP) is 2.11. The van der Waals surface area contributed by atoms with Gasteiger partial charge in [0.25, 0.3) is 0 Å². The minimum Gasteiger partial charge on any atom is -0.381 e. The Morgan fingerprint density at radius 1 is 1.45 bits per heavy atom. The number of nitriles is 1. The van der Waals surface area contributed by atoms with Gasteiger partial charge in [0.1, 0.15) is 0 Å². The second-order valence-corrected chi connectivity index (χ2v) is 3.61. The Morgan fingerprint density at radius 2 is 2.00 bits per heavy atom. The summed E-state index contributed by atoms with van der Waals surface area (Å²) in [5.41, 5.74) is -0.0744. The molecular weight excluding hydrogens is 138 g/mol. The van der Waals surface area contributed by atoms with Crippen LogP contribution in [0.5, 0.6) is 0 Å². The maximum atomic E-state index is 8.82. The third-order valence-electron chi connectivity index (χ3n) is 2.64. The van der Waals surface area contributed by atoms with Gasteiger partial charge in [-0.3, -0.25) is 0 Å². The molecule has 1 rings (SSSR count). The van der Waals surface area contributed by atoms with E-state index in [9.17, 15) is 0 Å². The molecule has 0 aromatic carbocycles. The summed E-state index contributed by atoms with van der Waals surface area (Å²) in [5.74, 6) is 0. The molecule has 1 fully saturated rings. The Bertz CT molecular complexity index is 163. The molecule has 0 bridgehead atoms. The molecule has 0 saturated heterocycles. The lowest BCUT2D eigenvalue weighted by Gasteiger charge is -2.30. The number of rotatable bonds is 1. The van der Waals surface area contributed by atoms with E-state index in [1.54, 1.807) is 7.11 Å². The van der Waals surface area contributed by atoms with Crippen molar-refractivity contribution in [2.75, 3.05) is 7.11 Å². The van der Waals surface area contributed by atoms with Gasteiger partial charge >= 0.3 is 0 Å². The fourth-order valence-electron chi connectivity index (χ4n) is 1.58. The summed E-state index contributed by atoms with van der Waals surface area (Å²) in [6.45, 7) is 2.04. The fourth-order valence-corrected chi connectivity index (χ4v) is 1.58. The van der Waals surface area contributed by atoms with E-state index in [0.717, 1.165) is 25.7 Å². The molecule has 1 aliphatic rings. The number of hydrogen-bond donors (Lipinski definition) is 0. The van der Waals surface area contributed by atoms with Crippen LogP contribution in [0.1, 0.15) is 32.6 Å². The molecule has 11 heavy (non-hydrogen) atoms. The number of ether oxygens (including phenoxy) is 1. The Labute approximate surface area is 68.2 Å².